The van der Waals surface area contributed by atoms with E-state index in [1.54, 1.807) is 4.90 Å². The highest BCUT2D eigenvalue weighted by molar-refractivity contribution is 6.08. The van der Waals surface area contributed by atoms with Crippen molar-refractivity contribution >= 4 is 22.4 Å². The quantitative estimate of drug-likeness (QED) is 0.657. The van der Waals surface area contributed by atoms with E-state index in [9.17, 15) is 4.79 Å². The Balaban J connectivity index is 1.99. The Labute approximate surface area is 123 Å². The van der Waals surface area contributed by atoms with Crippen molar-refractivity contribution in [3.8, 4) is 0 Å². The first kappa shape index (κ1) is 12.2. The maximum Gasteiger partial charge on any atom is 0.238 e. The number of nitrogens with zero attached hydrogens (tertiary/aromatic N) is 1. The van der Waals surface area contributed by atoms with Crippen molar-refractivity contribution in [2.45, 2.75) is 5.92 Å². The minimum atomic E-state index is -0.197. The van der Waals surface area contributed by atoms with Crippen molar-refractivity contribution in [3.63, 3.8) is 0 Å². The Hall–Kier alpha value is -2.61. The molecule has 1 heterocycles. The first-order chi connectivity index (χ1) is 10.3. The molecule has 0 aromatic heterocycles. The fourth-order valence-electron chi connectivity index (χ4n) is 3.29. The highest BCUT2D eigenvalue weighted by Crippen LogP contribution is 2.42. The van der Waals surface area contributed by atoms with Crippen LogP contribution in [0, 0.1) is 0 Å². The second kappa shape index (κ2) is 4.45. The molecule has 0 saturated heterocycles. The van der Waals surface area contributed by atoms with Crippen LogP contribution in [0.5, 0.6) is 0 Å². The molecule has 0 spiro atoms. The summed E-state index contributed by atoms with van der Waals surface area (Å²) in [4.78, 5) is 14.5. The summed E-state index contributed by atoms with van der Waals surface area (Å²) in [7, 11) is 1.85. The van der Waals surface area contributed by atoms with E-state index >= 15 is 0 Å². The zero-order valence-corrected chi connectivity index (χ0v) is 11.8. The lowest BCUT2D eigenvalue weighted by atomic mass is 9.89. The molecular weight excluding hydrogens is 258 g/mol. The Morgan fingerprint density at radius 3 is 2.38 bits per heavy atom. The highest BCUT2D eigenvalue weighted by atomic mass is 16.2. The predicted molar refractivity (Wildman–Crippen MR) is 85.6 cm³/mol. The van der Waals surface area contributed by atoms with Crippen molar-refractivity contribution in [1.82, 2.24) is 0 Å². The third kappa shape index (κ3) is 1.69. The summed E-state index contributed by atoms with van der Waals surface area (Å²) in [5.41, 5.74) is 3.21. The van der Waals surface area contributed by atoms with Crippen LogP contribution in [0.3, 0.4) is 0 Å². The van der Waals surface area contributed by atoms with Crippen LogP contribution in [-0.4, -0.2) is 13.0 Å². The monoisotopic (exact) mass is 273 g/mol. The maximum atomic E-state index is 12.7. The molecule has 0 fully saturated rings. The predicted octanol–water partition coefficient (Wildman–Crippen LogP) is 3.95. The SMILES string of the molecule is CN1C(=O)C(c2cccc3ccccc23)c2ccccc21. The summed E-state index contributed by atoms with van der Waals surface area (Å²) in [6.07, 6.45) is 0. The van der Waals surface area contributed by atoms with Gasteiger partial charge in [0.25, 0.3) is 0 Å². The van der Waals surface area contributed by atoms with Crippen LogP contribution in [0.15, 0.2) is 66.7 Å². The second-order valence-electron chi connectivity index (χ2n) is 5.46. The van der Waals surface area contributed by atoms with E-state index in [2.05, 4.69) is 30.3 Å². The first-order valence-corrected chi connectivity index (χ1v) is 7.11. The van der Waals surface area contributed by atoms with Gasteiger partial charge in [-0.15, -0.1) is 0 Å². The molecule has 0 N–H and O–H groups in total. The van der Waals surface area contributed by atoms with Crippen LogP contribution in [0.1, 0.15) is 17.0 Å². The summed E-state index contributed by atoms with van der Waals surface area (Å²) in [5, 5.41) is 2.33. The van der Waals surface area contributed by atoms with Gasteiger partial charge in [-0.25, -0.2) is 0 Å². The van der Waals surface area contributed by atoms with Crippen LogP contribution < -0.4 is 4.90 Å². The van der Waals surface area contributed by atoms with Crippen molar-refractivity contribution in [2.24, 2.45) is 0 Å². The average Bonchev–Trinajstić information content (AvgIpc) is 2.79. The zero-order chi connectivity index (χ0) is 14.4. The third-order valence-electron chi connectivity index (χ3n) is 4.32. The Morgan fingerprint density at radius 1 is 0.810 bits per heavy atom. The molecule has 4 rings (SSSR count). The lowest BCUT2D eigenvalue weighted by molar-refractivity contribution is -0.118. The topological polar surface area (TPSA) is 20.3 Å². The molecule has 1 unspecified atom stereocenters. The number of amides is 1. The smallest absolute Gasteiger partial charge is 0.238 e. The van der Waals surface area contributed by atoms with E-state index in [4.69, 9.17) is 0 Å². The summed E-state index contributed by atoms with van der Waals surface area (Å²) in [6.45, 7) is 0. The number of likely N-dealkylation sites (N-methyl/N-ethyl adjacent to an activating group) is 1. The normalized spacial score (nSPS) is 17.3. The molecule has 21 heavy (non-hydrogen) atoms. The van der Waals surface area contributed by atoms with Gasteiger partial charge in [0, 0.05) is 12.7 Å². The summed E-state index contributed by atoms with van der Waals surface area (Å²) in [5.74, 6) is -0.0511. The number of fused-ring (bicyclic) bond motifs is 2. The van der Waals surface area contributed by atoms with Gasteiger partial charge in [0.05, 0.1) is 5.92 Å². The van der Waals surface area contributed by atoms with Crippen LogP contribution in [0.25, 0.3) is 10.8 Å². The Morgan fingerprint density at radius 2 is 1.48 bits per heavy atom. The molecule has 3 aromatic rings. The van der Waals surface area contributed by atoms with Gasteiger partial charge in [0.15, 0.2) is 0 Å². The van der Waals surface area contributed by atoms with Gasteiger partial charge in [-0.1, -0.05) is 60.7 Å². The molecule has 2 heteroatoms. The summed E-state index contributed by atoms with van der Waals surface area (Å²) in [6, 6.07) is 22.5. The molecule has 2 nitrogen and oxygen atoms in total. The molecule has 102 valence electrons. The van der Waals surface area contributed by atoms with Crippen molar-refractivity contribution in [2.75, 3.05) is 11.9 Å². The molecule has 1 aliphatic rings. The van der Waals surface area contributed by atoms with Crippen LogP contribution in [0.2, 0.25) is 0 Å². The van der Waals surface area contributed by atoms with Gasteiger partial charge in [-0.05, 0) is 28.0 Å². The minimum Gasteiger partial charge on any atom is -0.314 e. The lowest BCUT2D eigenvalue weighted by Gasteiger charge is -2.14. The Kier molecular flexibility index (Phi) is 2.58. The number of benzene rings is 3. The van der Waals surface area contributed by atoms with Crippen LogP contribution >= 0.6 is 0 Å². The Bertz CT molecular complexity index is 848. The molecule has 1 atom stereocenters. The molecule has 1 amide bonds. The molecule has 0 bridgehead atoms. The van der Waals surface area contributed by atoms with Gasteiger partial charge in [-0.2, -0.15) is 0 Å². The first-order valence-electron chi connectivity index (χ1n) is 7.11. The van der Waals surface area contributed by atoms with E-state index in [0.717, 1.165) is 22.2 Å². The van der Waals surface area contributed by atoms with Crippen LogP contribution in [0.4, 0.5) is 5.69 Å². The van der Waals surface area contributed by atoms with Crippen molar-refractivity contribution in [3.05, 3.63) is 77.9 Å². The van der Waals surface area contributed by atoms with E-state index in [1.807, 2.05) is 43.4 Å². The minimum absolute atomic E-state index is 0.146. The van der Waals surface area contributed by atoms with Crippen molar-refractivity contribution < 1.29 is 4.79 Å². The van der Waals surface area contributed by atoms with Gasteiger partial charge >= 0.3 is 0 Å². The van der Waals surface area contributed by atoms with Crippen LogP contribution in [-0.2, 0) is 4.79 Å². The van der Waals surface area contributed by atoms with Gasteiger partial charge < -0.3 is 4.90 Å². The van der Waals surface area contributed by atoms with E-state index in [-0.39, 0.29) is 11.8 Å². The van der Waals surface area contributed by atoms with E-state index < -0.39 is 0 Å². The number of hydrogen-bond donors (Lipinski definition) is 0. The van der Waals surface area contributed by atoms with Gasteiger partial charge in [-0.3, -0.25) is 4.79 Å². The zero-order valence-electron chi connectivity index (χ0n) is 11.8. The fourth-order valence-corrected chi connectivity index (χ4v) is 3.29. The van der Waals surface area contributed by atoms with Crippen molar-refractivity contribution in [1.29, 1.82) is 0 Å². The number of hydrogen-bond acceptors (Lipinski definition) is 1. The standard InChI is InChI=1S/C19H15NO/c1-20-17-12-5-4-10-16(17)18(19(20)21)15-11-6-8-13-7-2-3-9-14(13)15/h2-12,18H,1H3. The summed E-state index contributed by atoms with van der Waals surface area (Å²) < 4.78 is 0. The number of anilines is 1. The molecular formula is C19H15NO. The largest absolute Gasteiger partial charge is 0.314 e. The number of para-hydroxylation sites is 1. The molecule has 0 saturated carbocycles. The third-order valence-corrected chi connectivity index (χ3v) is 4.32. The molecule has 3 aromatic carbocycles. The molecule has 1 aliphatic heterocycles. The van der Waals surface area contributed by atoms with E-state index in [1.165, 1.54) is 5.39 Å². The lowest BCUT2D eigenvalue weighted by Crippen LogP contribution is -2.24. The highest BCUT2D eigenvalue weighted by Gasteiger charge is 2.36. The van der Waals surface area contributed by atoms with Gasteiger partial charge in [0.2, 0.25) is 5.91 Å². The van der Waals surface area contributed by atoms with E-state index in [0.29, 0.717) is 0 Å². The number of carbonyl (C=O) groups is 1. The second-order valence-corrected chi connectivity index (χ2v) is 5.46. The maximum absolute atomic E-state index is 12.7. The molecule has 0 radical (unpaired) electrons. The number of rotatable bonds is 1. The van der Waals surface area contributed by atoms with Gasteiger partial charge in [0.1, 0.15) is 0 Å². The molecule has 0 aliphatic carbocycles. The number of carbonyl (C=O) groups excluding carboxylic acids is 1. The fraction of sp³-hybridized carbons (Fsp3) is 0.105. The summed E-state index contributed by atoms with van der Waals surface area (Å²) >= 11 is 0. The average molecular weight is 273 g/mol.